The second-order valence-corrected chi connectivity index (χ2v) is 16.6. The highest BCUT2D eigenvalue weighted by Crippen LogP contribution is 2.20. The smallest absolute Gasteiger partial charge is 0.327 e. The number of aromatic amines is 1. The first-order chi connectivity index (χ1) is 31.9. The van der Waals surface area contributed by atoms with Crippen molar-refractivity contribution in [1.82, 2.24) is 42.2 Å². The summed E-state index contributed by atoms with van der Waals surface area (Å²) in [6, 6.07) is 6.30. The van der Waals surface area contributed by atoms with Gasteiger partial charge in [-0.25, -0.2) is 4.79 Å². The zero-order valence-electron chi connectivity index (χ0n) is 38.0. The van der Waals surface area contributed by atoms with E-state index in [4.69, 9.17) is 11.5 Å². The molecule has 0 radical (unpaired) electrons. The van der Waals surface area contributed by atoms with Crippen LogP contribution in [0.2, 0.25) is 0 Å². The third-order valence-corrected chi connectivity index (χ3v) is 11.7. The number of fused-ring (bicyclic) bond motifs is 1. The van der Waals surface area contributed by atoms with E-state index in [2.05, 4.69) is 54.8 Å². The minimum absolute atomic E-state index is 0.0876. The number of thiol groups is 1. The number of amides is 8. The van der Waals surface area contributed by atoms with Crippen LogP contribution in [0.1, 0.15) is 64.5 Å². The van der Waals surface area contributed by atoms with Crippen LogP contribution in [0.4, 0.5) is 0 Å². The summed E-state index contributed by atoms with van der Waals surface area (Å²) in [5.41, 5.74) is 12.8. The lowest BCUT2D eigenvalue weighted by Crippen LogP contribution is -2.62. The van der Waals surface area contributed by atoms with E-state index in [0.29, 0.717) is 24.0 Å². The molecule has 67 heavy (non-hydrogen) atoms. The summed E-state index contributed by atoms with van der Waals surface area (Å²) in [6.07, 6.45) is 1.78. The molecule has 0 aliphatic carbocycles. The molecule has 0 fully saturated rings. The number of aliphatic hydroxyl groups is 1. The highest BCUT2D eigenvalue weighted by molar-refractivity contribution is 7.80. The van der Waals surface area contributed by atoms with Gasteiger partial charge >= 0.3 is 5.97 Å². The van der Waals surface area contributed by atoms with Gasteiger partial charge in [0.2, 0.25) is 47.3 Å². The topological polar surface area (TPSA) is 346 Å². The summed E-state index contributed by atoms with van der Waals surface area (Å²) < 4.78 is 0. The van der Waals surface area contributed by atoms with Crippen molar-refractivity contribution in [3.8, 4) is 0 Å². The number of nitrogens with two attached hydrogens (primary N) is 2. The highest BCUT2D eigenvalue weighted by Gasteiger charge is 2.36. The molecule has 0 bridgehead atoms. The maximum atomic E-state index is 14.7. The lowest BCUT2D eigenvalue weighted by molar-refractivity contribution is -0.142. The van der Waals surface area contributed by atoms with Crippen LogP contribution in [-0.4, -0.2) is 130 Å². The number of primary amides is 1. The fraction of sp³-hybridized carbons (Fsp3) is 0.489. The number of carbonyl (C=O) groups excluding carboxylic acids is 8. The van der Waals surface area contributed by atoms with Crippen LogP contribution in [0.15, 0.2) is 60.8 Å². The molecule has 0 aliphatic rings. The van der Waals surface area contributed by atoms with Crippen molar-refractivity contribution >= 4 is 76.8 Å². The van der Waals surface area contributed by atoms with Crippen LogP contribution in [-0.2, 0) is 56.0 Å². The van der Waals surface area contributed by atoms with E-state index in [-0.39, 0.29) is 31.4 Å². The molecule has 22 heteroatoms. The maximum absolute atomic E-state index is 14.7. The fourth-order valence-electron chi connectivity index (χ4n) is 6.96. The van der Waals surface area contributed by atoms with Crippen molar-refractivity contribution in [1.29, 1.82) is 0 Å². The average Bonchev–Trinajstić information content (AvgIpc) is 3.73. The largest absolute Gasteiger partial charge is 0.480 e. The Morgan fingerprint density at radius 3 is 1.67 bits per heavy atom. The molecule has 366 valence electrons. The van der Waals surface area contributed by atoms with Crippen molar-refractivity contribution < 1.29 is 53.4 Å². The molecule has 9 atom stereocenters. The number of aromatic nitrogens is 1. The number of rotatable bonds is 28. The van der Waals surface area contributed by atoms with E-state index in [9.17, 15) is 53.4 Å². The summed E-state index contributed by atoms with van der Waals surface area (Å²) in [5.74, 6) is -9.23. The second kappa shape index (κ2) is 27.2. The molecule has 1 aromatic heterocycles. The van der Waals surface area contributed by atoms with Gasteiger partial charge in [-0.3, -0.25) is 38.4 Å². The Bertz CT molecular complexity index is 2190. The first-order valence-corrected chi connectivity index (χ1v) is 22.6. The van der Waals surface area contributed by atoms with E-state index in [1.54, 1.807) is 70.3 Å². The maximum Gasteiger partial charge on any atom is 0.327 e. The van der Waals surface area contributed by atoms with Crippen LogP contribution in [0.5, 0.6) is 0 Å². The number of benzene rings is 2. The molecule has 0 aliphatic heterocycles. The monoisotopic (exact) mass is 952 g/mol. The van der Waals surface area contributed by atoms with Gasteiger partial charge in [0.25, 0.3) is 0 Å². The molecule has 0 saturated carbocycles. The van der Waals surface area contributed by atoms with Crippen LogP contribution >= 0.6 is 12.6 Å². The summed E-state index contributed by atoms with van der Waals surface area (Å²) in [5, 5.41) is 38.1. The number of carboxylic acid groups (broad SMARTS) is 1. The third kappa shape index (κ3) is 16.7. The molecule has 0 spiro atoms. The molecular formula is C45H64N10O11S. The quantitative estimate of drug-likeness (QED) is 0.0377. The highest BCUT2D eigenvalue weighted by atomic mass is 32.1. The van der Waals surface area contributed by atoms with Gasteiger partial charge in [0.05, 0.1) is 13.2 Å². The number of hydrogen-bond acceptors (Lipinski definition) is 12. The summed E-state index contributed by atoms with van der Waals surface area (Å²) in [4.78, 5) is 122. The zero-order chi connectivity index (χ0) is 49.8. The summed E-state index contributed by atoms with van der Waals surface area (Å²) >= 11 is 3.93. The van der Waals surface area contributed by atoms with E-state index >= 15 is 0 Å². The Balaban J connectivity index is 2.01. The minimum Gasteiger partial charge on any atom is -0.480 e. The number of H-pyrrole nitrogens is 1. The van der Waals surface area contributed by atoms with E-state index in [1.165, 1.54) is 0 Å². The number of aliphatic carboxylic acids is 1. The van der Waals surface area contributed by atoms with Gasteiger partial charge in [-0.1, -0.05) is 89.1 Å². The Labute approximate surface area is 393 Å². The van der Waals surface area contributed by atoms with Gasteiger partial charge in [0.1, 0.15) is 42.3 Å². The first-order valence-electron chi connectivity index (χ1n) is 22.0. The number of aliphatic hydroxyl groups excluding tert-OH is 1. The molecule has 2 aromatic carbocycles. The average molecular weight is 953 g/mol. The molecule has 21 nitrogen and oxygen atoms in total. The lowest BCUT2D eigenvalue weighted by Gasteiger charge is -2.30. The van der Waals surface area contributed by atoms with Crippen molar-refractivity contribution in [3.05, 3.63) is 71.9 Å². The number of hydrogen-bond donors (Lipinski definition) is 13. The van der Waals surface area contributed by atoms with E-state index in [0.717, 1.165) is 10.9 Å². The Morgan fingerprint density at radius 1 is 0.642 bits per heavy atom. The Hall–Kier alpha value is -6.52. The molecule has 14 N–H and O–H groups in total. The van der Waals surface area contributed by atoms with Gasteiger partial charge < -0.3 is 63.9 Å². The Morgan fingerprint density at radius 2 is 1.13 bits per heavy atom. The Kier molecular flexibility index (Phi) is 22.3. The van der Waals surface area contributed by atoms with Crippen molar-refractivity contribution in [2.45, 2.75) is 109 Å². The SMILES string of the molecule is CC[C@H](C)[C@H](NC(=O)[C@H](Cc1ccccc1)NC(=O)[C@H](Cc1c[nH]c2ccccc12)NC(=O)[C@@H](NC(=O)[C@H](CCC(N)=O)NC(=O)CN)[C@@H](C)CC)C(=O)N[C@@H](CO)C(=O)N[C@@H](CS)C(=O)O. The normalized spacial score (nSPS) is 15.1. The van der Waals surface area contributed by atoms with E-state index < -0.39 is 121 Å². The van der Waals surface area contributed by atoms with Crippen molar-refractivity contribution in [2.24, 2.45) is 23.3 Å². The first kappa shape index (κ1) is 54.8. The van der Waals surface area contributed by atoms with Crippen LogP contribution < -0.4 is 48.7 Å². The molecule has 8 amide bonds. The second-order valence-electron chi connectivity index (χ2n) is 16.3. The fourth-order valence-corrected chi connectivity index (χ4v) is 7.20. The predicted octanol–water partition coefficient (Wildman–Crippen LogP) is -1.33. The third-order valence-electron chi connectivity index (χ3n) is 11.4. The van der Waals surface area contributed by atoms with Crippen LogP contribution in [0.25, 0.3) is 10.9 Å². The summed E-state index contributed by atoms with van der Waals surface area (Å²) in [6.45, 7) is 5.54. The van der Waals surface area contributed by atoms with Gasteiger partial charge in [-0.2, -0.15) is 12.6 Å². The molecule has 0 saturated heterocycles. The van der Waals surface area contributed by atoms with Gasteiger partial charge in [-0.05, 0) is 35.4 Å². The van der Waals surface area contributed by atoms with Gasteiger partial charge in [0.15, 0.2) is 0 Å². The predicted molar refractivity (Wildman–Crippen MR) is 251 cm³/mol. The minimum atomic E-state index is -1.60. The zero-order valence-corrected chi connectivity index (χ0v) is 38.9. The number of nitrogens with one attached hydrogen (secondary N) is 8. The number of carbonyl (C=O) groups is 9. The molecule has 3 rings (SSSR count). The molecule has 0 unspecified atom stereocenters. The lowest BCUT2D eigenvalue weighted by atomic mass is 9.96. The molecule has 3 aromatic rings. The standard InChI is InChI=1S/C45H64N10O11S/c1-5-24(3)37(54-39(59)30(16-17-35(47)57)49-36(58)20-46)43(63)51-32(19-27-21-48-29-15-11-10-14-28(27)29)40(60)50-31(18-26-12-8-7-9-13-26)41(61)55-38(25(4)6-2)44(64)52-33(22-56)42(62)53-34(23-67)45(65)66/h7-15,21,24-25,30-34,37-38,48,56,67H,5-6,16-20,22-23,46H2,1-4H3,(H2,47,57)(H,49,58)(H,50,60)(H,51,63)(H,52,64)(H,53,62)(H,54,59)(H,55,61)(H,65,66)/t24-,25-,30-,31-,32-,33-,34-,37-,38-/m0/s1. The number of para-hydroxylation sites is 1. The van der Waals surface area contributed by atoms with Crippen molar-refractivity contribution in [2.75, 3.05) is 18.9 Å². The van der Waals surface area contributed by atoms with Gasteiger partial charge in [-0.15, -0.1) is 0 Å². The molecular weight excluding hydrogens is 889 g/mol. The summed E-state index contributed by atoms with van der Waals surface area (Å²) in [7, 11) is 0. The van der Waals surface area contributed by atoms with E-state index in [1.807, 2.05) is 18.2 Å². The van der Waals surface area contributed by atoms with Crippen molar-refractivity contribution in [3.63, 3.8) is 0 Å². The van der Waals surface area contributed by atoms with Gasteiger partial charge in [0, 0.05) is 42.1 Å². The van der Waals surface area contributed by atoms with Crippen LogP contribution in [0, 0.1) is 11.8 Å². The van der Waals surface area contributed by atoms with Crippen LogP contribution in [0.3, 0.4) is 0 Å². The molecule has 1 heterocycles. The number of carboxylic acids is 1.